The Bertz CT molecular complexity index is 988. The van der Waals surface area contributed by atoms with Crippen LogP contribution in [-0.2, 0) is 18.3 Å². The molecule has 0 saturated heterocycles. The predicted molar refractivity (Wildman–Crippen MR) is 89.5 cm³/mol. The van der Waals surface area contributed by atoms with Crippen molar-refractivity contribution >= 4 is 16.8 Å². The maximum atomic E-state index is 13.8. The van der Waals surface area contributed by atoms with Crippen molar-refractivity contribution in [3.8, 4) is 6.07 Å². The molecule has 3 rings (SSSR count). The fourth-order valence-electron chi connectivity index (χ4n) is 2.87. The normalized spacial score (nSPS) is 11.9. The van der Waals surface area contributed by atoms with Gasteiger partial charge in [-0.05, 0) is 17.7 Å². The van der Waals surface area contributed by atoms with E-state index in [-0.39, 0.29) is 12.0 Å². The number of nitrogens with zero attached hydrogens (tertiary/aromatic N) is 2. The van der Waals surface area contributed by atoms with Crippen LogP contribution in [0.2, 0.25) is 0 Å². The fourth-order valence-corrected chi connectivity index (χ4v) is 2.87. The number of aryl methyl sites for hydroxylation is 1. The number of carbonyl (C=O) groups excluding carboxylic acids is 1. The van der Waals surface area contributed by atoms with Crippen LogP contribution < -0.4 is 5.32 Å². The molecule has 4 nitrogen and oxygen atoms in total. The Balaban J connectivity index is 1.80. The number of nitriles is 1. The van der Waals surface area contributed by atoms with Gasteiger partial charge in [0.25, 0.3) is 0 Å². The summed E-state index contributed by atoms with van der Waals surface area (Å²) in [7, 11) is 1.88. The number of nitrogens with one attached hydrogen (secondary N) is 1. The van der Waals surface area contributed by atoms with E-state index < -0.39 is 23.6 Å². The van der Waals surface area contributed by atoms with Crippen molar-refractivity contribution in [3.63, 3.8) is 0 Å². The molecule has 0 saturated carbocycles. The summed E-state index contributed by atoms with van der Waals surface area (Å²) < 4.78 is 28.7. The molecule has 1 N–H and O–H groups in total. The summed E-state index contributed by atoms with van der Waals surface area (Å²) in [5.74, 6) is -2.01. The molecular formula is C19H15F2N3O. The molecule has 0 unspecified atom stereocenters. The van der Waals surface area contributed by atoms with Gasteiger partial charge < -0.3 is 9.88 Å². The lowest BCUT2D eigenvalue weighted by molar-refractivity contribution is -0.120. The number of carbonyl (C=O) groups is 1. The summed E-state index contributed by atoms with van der Waals surface area (Å²) >= 11 is 0. The Hall–Kier alpha value is -3.20. The summed E-state index contributed by atoms with van der Waals surface area (Å²) in [6.45, 7) is 0. The van der Waals surface area contributed by atoms with Gasteiger partial charge in [0.05, 0.1) is 12.5 Å². The summed E-state index contributed by atoms with van der Waals surface area (Å²) in [6.07, 6.45) is 1.91. The summed E-state index contributed by atoms with van der Waals surface area (Å²) in [5.41, 5.74) is 1.74. The minimum atomic E-state index is -1.18. The first-order valence-corrected chi connectivity index (χ1v) is 7.66. The van der Waals surface area contributed by atoms with Crippen LogP contribution in [0.25, 0.3) is 10.9 Å². The molecule has 0 bridgehead atoms. The molecule has 0 aliphatic rings. The number of hydrogen-bond donors (Lipinski definition) is 1. The quantitative estimate of drug-likeness (QED) is 0.792. The van der Waals surface area contributed by atoms with Gasteiger partial charge in [-0.2, -0.15) is 5.26 Å². The number of rotatable bonds is 4. The van der Waals surface area contributed by atoms with Crippen LogP contribution >= 0.6 is 0 Å². The zero-order valence-electron chi connectivity index (χ0n) is 13.5. The Morgan fingerprint density at radius 3 is 2.76 bits per heavy atom. The smallest absolute Gasteiger partial charge is 0.225 e. The molecule has 0 aliphatic carbocycles. The van der Waals surface area contributed by atoms with E-state index in [4.69, 9.17) is 0 Å². The van der Waals surface area contributed by atoms with Gasteiger partial charge in [-0.3, -0.25) is 4.79 Å². The summed E-state index contributed by atoms with van der Waals surface area (Å²) in [6, 6.07) is 11.2. The largest absolute Gasteiger partial charge is 0.350 e. The lowest BCUT2D eigenvalue weighted by atomic mass is 10.1. The molecule has 0 radical (unpaired) electrons. The van der Waals surface area contributed by atoms with Gasteiger partial charge >= 0.3 is 0 Å². The van der Waals surface area contributed by atoms with Gasteiger partial charge in [-0.25, -0.2) is 8.78 Å². The maximum Gasteiger partial charge on any atom is 0.225 e. The summed E-state index contributed by atoms with van der Waals surface area (Å²) in [4.78, 5) is 12.3. The van der Waals surface area contributed by atoms with Crippen molar-refractivity contribution in [2.45, 2.75) is 12.5 Å². The predicted octanol–water partition coefficient (Wildman–Crippen LogP) is 3.38. The molecule has 3 aromatic rings. The molecule has 0 fully saturated rings. The van der Waals surface area contributed by atoms with Gasteiger partial charge in [-0.1, -0.05) is 24.3 Å². The third-order valence-electron chi connectivity index (χ3n) is 4.04. The molecule has 1 atom stereocenters. The Morgan fingerprint density at radius 2 is 2.04 bits per heavy atom. The zero-order valence-corrected chi connectivity index (χ0v) is 13.5. The Morgan fingerprint density at radius 1 is 1.28 bits per heavy atom. The zero-order chi connectivity index (χ0) is 18.0. The average Bonchev–Trinajstić information content (AvgIpc) is 2.89. The highest BCUT2D eigenvalue weighted by atomic mass is 19.1. The number of benzene rings is 2. The van der Waals surface area contributed by atoms with Crippen LogP contribution in [0.1, 0.15) is 17.2 Å². The average molecular weight is 339 g/mol. The molecule has 2 aromatic carbocycles. The second-order valence-electron chi connectivity index (χ2n) is 5.75. The molecular weight excluding hydrogens is 324 g/mol. The molecule has 6 heteroatoms. The van der Waals surface area contributed by atoms with Crippen LogP contribution in [0.15, 0.2) is 48.7 Å². The molecule has 1 heterocycles. The van der Waals surface area contributed by atoms with Gasteiger partial charge in [0.2, 0.25) is 5.91 Å². The topological polar surface area (TPSA) is 57.8 Å². The fraction of sp³-hybridized carbons (Fsp3) is 0.158. The lowest BCUT2D eigenvalue weighted by Gasteiger charge is -2.12. The van der Waals surface area contributed by atoms with E-state index in [0.717, 1.165) is 28.6 Å². The number of fused-ring (bicyclic) bond motifs is 1. The minimum absolute atomic E-state index is 0.0579. The van der Waals surface area contributed by atoms with Crippen LogP contribution in [0, 0.1) is 23.0 Å². The number of amides is 1. The third-order valence-corrected chi connectivity index (χ3v) is 4.04. The number of para-hydroxylation sites is 1. The van der Waals surface area contributed by atoms with Gasteiger partial charge in [0, 0.05) is 35.8 Å². The number of halogens is 2. The number of hydrogen-bond acceptors (Lipinski definition) is 2. The van der Waals surface area contributed by atoms with E-state index in [1.54, 1.807) is 0 Å². The highest BCUT2D eigenvalue weighted by molar-refractivity contribution is 5.89. The van der Waals surface area contributed by atoms with Gasteiger partial charge in [-0.15, -0.1) is 0 Å². The second kappa shape index (κ2) is 6.73. The van der Waals surface area contributed by atoms with Crippen molar-refractivity contribution in [1.29, 1.82) is 5.26 Å². The Labute approximate surface area is 143 Å². The molecule has 0 spiro atoms. The van der Waals surface area contributed by atoms with E-state index in [1.165, 1.54) is 0 Å². The first kappa shape index (κ1) is 16.7. The van der Waals surface area contributed by atoms with Crippen molar-refractivity contribution < 1.29 is 13.6 Å². The first-order valence-electron chi connectivity index (χ1n) is 7.66. The van der Waals surface area contributed by atoms with Crippen LogP contribution in [0.5, 0.6) is 0 Å². The van der Waals surface area contributed by atoms with Gasteiger partial charge in [0.15, 0.2) is 0 Å². The highest BCUT2D eigenvalue weighted by Crippen LogP contribution is 2.22. The third kappa shape index (κ3) is 3.36. The Kier molecular flexibility index (Phi) is 4.48. The van der Waals surface area contributed by atoms with E-state index in [2.05, 4.69) is 5.32 Å². The van der Waals surface area contributed by atoms with E-state index >= 15 is 0 Å². The molecule has 25 heavy (non-hydrogen) atoms. The van der Waals surface area contributed by atoms with Crippen molar-refractivity contribution in [2.24, 2.45) is 7.05 Å². The highest BCUT2D eigenvalue weighted by Gasteiger charge is 2.19. The lowest BCUT2D eigenvalue weighted by Crippen LogP contribution is -2.29. The molecule has 1 amide bonds. The van der Waals surface area contributed by atoms with Gasteiger partial charge in [0.1, 0.15) is 17.7 Å². The van der Waals surface area contributed by atoms with Crippen LogP contribution in [-0.4, -0.2) is 10.5 Å². The SMILES string of the molecule is Cn1cc(CC(=O)N[C@H](C#N)c2ccc(F)cc2F)c2ccccc21. The van der Waals surface area contributed by atoms with E-state index in [0.29, 0.717) is 6.07 Å². The first-order chi connectivity index (χ1) is 12.0. The van der Waals surface area contributed by atoms with E-state index in [9.17, 15) is 18.8 Å². The van der Waals surface area contributed by atoms with Crippen LogP contribution in [0.4, 0.5) is 8.78 Å². The van der Waals surface area contributed by atoms with Crippen molar-refractivity contribution in [2.75, 3.05) is 0 Å². The number of aromatic nitrogens is 1. The second-order valence-corrected chi connectivity index (χ2v) is 5.75. The molecule has 1 aromatic heterocycles. The molecule has 0 aliphatic heterocycles. The van der Waals surface area contributed by atoms with Crippen LogP contribution in [0.3, 0.4) is 0 Å². The van der Waals surface area contributed by atoms with E-state index in [1.807, 2.05) is 48.1 Å². The molecule has 126 valence electrons. The summed E-state index contributed by atoms with van der Waals surface area (Å²) in [5, 5.41) is 12.7. The van der Waals surface area contributed by atoms with Crippen molar-refractivity contribution in [1.82, 2.24) is 9.88 Å². The van der Waals surface area contributed by atoms with Crippen molar-refractivity contribution in [3.05, 3.63) is 71.4 Å². The minimum Gasteiger partial charge on any atom is -0.350 e. The maximum absolute atomic E-state index is 13.8. The monoisotopic (exact) mass is 339 g/mol. The standard InChI is InChI=1S/C19H15F2N3O/c1-24-11-12(14-4-2-3-5-18(14)24)8-19(25)23-17(10-22)15-7-6-13(20)9-16(15)21/h2-7,9,11,17H,8H2,1H3,(H,23,25)/t17-/m1/s1.